The second-order valence-electron chi connectivity index (χ2n) is 3.18. The van der Waals surface area contributed by atoms with Gasteiger partial charge >= 0.3 is 29.6 Å². The van der Waals surface area contributed by atoms with Gasteiger partial charge in [0, 0.05) is 0 Å². The Morgan fingerprint density at radius 2 is 1.17 bits per heavy atom. The van der Waals surface area contributed by atoms with Crippen molar-refractivity contribution in [1.29, 1.82) is 0 Å². The molecule has 0 spiro atoms. The van der Waals surface area contributed by atoms with Crippen LogP contribution in [0.4, 0.5) is 0 Å². The summed E-state index contributed by atoms with van der Waals surface area (Å²) in [6.07, 6.45) is 10.1. The van der Waals surface area contributed by atoms with Gasteiger partial charge in [0.1, 0.15) is 0 Å². The zero-order chi connectivity index (χ0) is 8.36. The molecule has 0 aliphatic heterocycles. The fourth-order valence-electron chi connectivity index (χ4n) is 1.24. The van der Waals surface area contributed by atoms with Crippen molar-refractivity contribution in [2.75, 3.05) is 6.61 Å². The molecule has 2 heteroatoms. The summed E-state index contributed by atoms with van der Waals surface area (Å²) in [6.45, 7) is 2.35. The summed E-state index contributed by atoms with van der Waals surface area (Å²) in [7, 11) is 0. The molecule has 0 rings (SSSR count). The van der Waals surface area contributed by atoms with Gasteiger partial charge in [0.15, 0.2) is 0 Å². The summed E-state index contributed by atoms with van der Waals surface area (Å²) < 4.78 is 0. The van der Waals surface area contributed by atoms with Crippen molar-refractivity contribution in [2.45, 2.75) is 58.3 Å². The molecule has 68 valence electrons. The first kappa shape index (κ1) is 15.4. The molecule has 0 N–H and O–H groups in total. The third kappa shape index (κ3) is 13.5. The van der Waals surface area contributed by atoms with Gasteiger partial charge in [-0.25, -0.2) is 0 Å². The van der Waals surface area contributed by atoms with Crippen LogP contribution in [-0.4, -0.2) is 6.61 Å². The minimum Gasteiger partial charge on any atom is -0.854 e. The van der Waals surface area contributed by atoms with Crippen molar-refractivity contribution in [3.05, 3.63) is 0 Å². The summed E-state index contributed by atoms with van der Waals surface area (Å²) in [5.74, 6) is 0. The maximum absolute atomic E-state index is 10.1. The van der Waals surface area contributed by atoms with E-state index in [1.165, 1.54) is 38.5 Å². The first-order valence-electron chi connectivity index (χ1n) is 5.00. The quantitative estimate of drug-likeness (QED) is 0.364. The second kappa shape index (κ2) is 14.5. The van der Waals surface area contributed by atoms with Gasteiger partial charge in [0.25, 0.3) is 0 Å². The van der Waals surface area contributed by atoms with Gasteiger partial charge < -0.3 is 5.11 Å². The first-order chi connectivity index (χ1) is 5.41. The van der Waals surface area contributed by atoms with E-state index in [4.69, 9.17) is 0 Å². The number of hydrogen-bond donors (Lipinski definition) is 0. The van der Waals surface area contributed by atoms with E-state index < -0.39 is 0 Å². The van der Waals surface area contributed by atoms with E-state index in [-0.39, 0.29) is 36.2 Å². The SMILES string of the molecule is CCCCCCCCCC[O-].[Na+]. The predicted molar refractivity (Wildman–Crippen MR) is 47.5 cm³/mol. The van der Waals surface area contributed by atoms with Crippen LogP contribution >= 0.6 is 0 Å². The van der Waals surface area contributed by atoms with E-state index in [1.807, 2.05) is 0 Å². The zero-order valence-electron chi connectivity index (χ0n) is 8.77. The van der Waals surface area contributed by atoms with Crippen molar-refractivity contribution in [1.82, 2.24) is 0 Å². The van der Waals surface area contributed by atoms with Crippen molar-refractivity contribution in [3.63, 3.8) is 0 Å². The predicted octanol–water partition coefficient (Wildman–Crippen LogP) is -0.509. The fraction of sp³-hybridized carbons (Fsp3) is 1.00. The Hall–Kier alpha value is 0.960. The van der Waals surface area contributed by atoms with Crippen LogP contribution in [0, 0.1) is 0 Å². The van der Waals surface area contributed by atoms with E-state index >= 15 is 0 Å². The van der Waals surface area contributed by atoms with E-state index in [1.54, 1.807) is 0 Å². The first-order valence-corrected chi connectivity index (χ1v) is 5.00. The third-order valence-corrected chi connectivity index (χ3v) is 2.00. The van der Waals surface area contributed by atoms with Crippen LogP contribution in [0.5, 0.6) is 0 Å². The fourth-order valence-corrected chi connectivity index (χ4v) is 1.24. The van der Waals surface area contributed by atoms with Crippen molar-refractivity contribution in [2.24, 2.45) is 0 Å². The van der Waals surface area contributed by atoms with E-state index in [9.17, 15) is 5.11 Å². The molecule has 0 amide bonds. The summed E-state index contributed by atoms with van der Waals surface area (Å²) in [5, 5.41) is 10.1. The largest absolute Gasteiger partial charge is 1.00 e. The van der Waals surface area contributed by atoms with Gasteiger partial charge in [-0.2, -0.15) is 0 Å². The standard InChI is InChI=1S/C10H21O.Na/c1-2-3-4-5-6-7-8-9-10-11;/h2-10H2,1H3;/q-1;+1. The van der Waals surface area contributed by atoms with E-state index in [2.05, 4.69) is 6.92 Å². The van der Waals surface area contributed by atoms with Gasteiger partial charge in [-0.15, -0.1) is 6.61 Å². The van der Waals surface area contributed by atoms with Gasteiger partial charge in [0.2, 0.25) is 0 Å². The molecular formula is C10H21NaO. The Morgan fingerprint density at radius 1 is 0.750 bits per heavy atom. The number of rotatable bonds is 8. The zero-order valence-corrected chi connectivity index (χ0v) is 10.8. The third-order valence-electron chi connectivity index (χ3n) is 2.00. The Bertz CT molecular complexity index is 58.9. The topological polar surface area (TPSA) is 23.1 Å². The Kier molecular flexibility index (Phi) is 18.6. The van der Waals surface area contributed by atoms with Gasteiger partial charge in [0.05, 0.1) is 0 Å². The Balaban J connectivity index is 0. The van der Waals surface area contributed by atoms with Crippen LogP contribution in [0.15, 0.2) is 0 Å². The number of hydrogen-bond acceptors (Lipinski definition) is 1. The molecule has 0 saturated carbocycles. The maximum atomic E-state index is 10.1. The summed E-state index contributed by atoms with van der Waals surface area (Å²) >= 11 is 0. The average molecular weight is 180 g/mol. The monoisotopic (exact) mass is 180 g/mol. The Labute approximate surface area is 99.2 Å². The molecule has 0 aromatic rings. The van der Waals surface area contributed by atoms with Gasteiger partial charge in [-0.05, 0) is 0 Å². The molecule has 0 heterocycles. The molecule has 0 aromatic heterocycles. The van der Waals surface area contributed by atoms with E-state index in [0.717, 1.165) is 12.8 Å². The van der Waals surface area contributed by atoms with Crippen LogP contribution in [0.3, 0.4) is 0 Å². The molecule has 0 radical (unpaired) electrons. The normalized spacial score (nSPS) is 9.50. The molecule has 0 aromatic carbocycles. The molecule has 0 saturated heterocycles. The van der Waals surface area contributed by atoms with Crippen LogP contribution in [-0.2, 0) is 0 Å². The molecule has 0 bridgehead atoms. The molecule has 0 fully saturated rings. The summed E-state index contributed by atoms with van der Waals surface area (Å²) in [4.78, 5) is 0. The molecule has 0 aliphatic carbocycles. The van der Waals surface area contributed by atoms with Crippen molar-refractivity contribution < 1.29 is 34.7 Å². The summed E-state index contributed by atoms with van der Waals surface area (Å²) in [6, 6.07) is 0. The van der Waals surface area contributed by atoms with Crippen molar-refractivity contribution >= 4 is 0 Å². The Morgan fingerprint density at radius 3 is 1.58 bits per heavy atom. The summed E-state index contributed by atoms with van der Waals surface area (Å²) in [5.41, 5.74) is 0. The minimum atomic E-state index is 0. The molecule has 12 heavy (non-hydrogen) atoms. The van der Waals surface area contributed by atoms with Crippen LogP contribution < -0.4 is 34.7 Å². The molecule has 0 unspecified atom stereocenters. The minimum absolute atomic E-state index is 0. The average Bonchev–Trinajstić information content (AvgIpc) is 2.03. The van der Waals surface area contributed by atoms with Gasteiger partial charge in [-0.1, -0.05) is 58.3 Å². The second-order valence-corrected chi connectivity index (χ2v) is 3.18. The molecule has 0 aliphatic rings. The van der Waals surface area contributed by atoms with Crippen LogP contribution in [0.25, 0.3) is 0 Å². The van der Waals surface area contributed by atoms with Gasteiger partial charge in [-0.3, -0.25) is 0 Å². The molecule has 0 atom stereocenters. The van der Waals surface area contributed by atoms with Crippen molar-refractivity contribution in [3.8, 4) is 0 Å². The molecular weight excluding hydrogens is 159 g/mol. The van der Waals surface area contributed by atoms with E-state index in [0.29, 0.717) is 0 Å². The van der Waals surface area contributed by atoms with Crippen LogP contribution in [0.2, 0.25) is 0 Å². The molecule has 1 nitrogen and oxygen atoms in total. The van der Waals surface area contributed by atoms with Crippen LogP contribution in [0.1, 0.15) is 58.3 Å². The smallest absolute Gasteiger partial charge is 0.854 e. The maximum Gasteiger partial charge on any atom is 1.00 e. The number of unbranched alkanes of at least 4 members (excludes halogenated alkanes) is 7.